The van der Waals surface area contributed by atoms with Gasteiger partial charge in [-0.15, -0.1) is 10.2 Å². The van der Waals surface area contributed by atoms with Crippen LogP contribution in [0.25, 0.3) is 0 Å². The lowest BCUT2D eigenvalue weighted by molar-refractivity contribution is 0.0708. The molecule has 1 aromatic carbocycles. The van der Waals surface area contributed by atoms with Crippen LogP contribution in [0.5, 0.6) is 0 Å². The lowest BCUT2D eigenvalue weighted by Gasteiger charge is -2.27. The first-order chi connectivity index (χ1) is 9.56. The van der Waals surface area contributed by atoms with Crippen molar-refractivity contribution in [2.75, 3.05) is 12.3 Å². The van der Waals surface area contributed by atoms with Crippen LogP contribution in [0.2, 0.25) is 0 Å². The van der Waals surface area contributed by atoms with E-state index in [1.807, 2.05) is 4.57 Å². The molecule has 2 aromatic rings. The molecule has 0 unspecified atom stereocenters. The fourth-order valence-electron chi connectivity index (χ4n) is 2.16. The maximum Gasteiger partial charge on any atom is 0.256 e. The van der Waals surface area contributed by atoms with E-state index in [-0.39, 0.29) is 17.8 Å². The normalized spacial score (nSPS) is 14.2. The highest BCUT2D eigenvalue weighted by atomic mass is 19.2. The van der Waals surface area contributed by atoms with Crippen molar-refractivity contribution < 1.29 is 13.6 Å². The molecule has 1 aromatic heterocycles. The zero-order chi connectivity index (χ0) is 14.3. The Balaban J connectivity index is 1.89. The molecule has 0 fully saturated rings. The third-order valence-electron chi connectivity index (χ3n) is 3.25. The highest BCUT2D eigenvalue weighted by Crippen LogP contribution is 2.21. The molecular weight excluding hydrogens is 268 g/mol. The molecule has 1 aliphatic heterocycles. The Hall–Kier alpha value is -2.51. The quantitative estimate of drug-likeness (QED) is 0.783. The summed E-state index contributed by atoms with van der Waals surface area (Å²) in [4.78, 5) is 13.8. The minimum atomic E-state index is -1.09. The summed E-state index contributed by atoms with van der Waals surface area (Å²) in [5.41, 5.74) is 5.46. The second kappa shape index (κ2) is 4.55. The van der Waals surface area contributed by atoms with Gasteiger partial charge in [0.05, 0.1) is 12.1 Å². The number of halogens is 2. The van der Waals surface area contributed by atoms with Gasteiger partial charge in [-0.05, 0) is 6.07 Å². The summed E-state index contributed by atoms with van der Waals surface area (Å²) in [6.45, 7) is 1.25. The highest BCUT2D eigenvalue weighted by Gasteiger charge is 2.25. The summed E-state index contributed by atoms with van der Waals surface area (Å²) in [5.74, 6) is -1.97. The molecule has 0 radical (unpaired) electrons. The second-order valence-corrected chi connectivity index (χ2v) is 4.52. The number of nitrogen functional groups attached to an aromatic ring is 1. The molecule has 104 valence electrons. The number of rotatable bonds is 1. The largest absolute Gasteiger partial charge is 0.398 e. The van der Waals surface area contributed by atoms with Crippen molar-refractivity contribution in [2.24, 2.45) is 0 Å². The number of nitrogens with zero attached hydrogens (tertiary/aromatic N) is 4. The van der Waals surface area contributed by atoms with E-state index in [2.05, 4.69) is 10.2 Å². The van der Waals surface area contributed by atoms with E-state index in [1.54, 1.807) is 6.33 Å². The summed E-state index contributed by atoms with van der Waals surface area (Å²) in [7, 11) is 0. The number of benzene rings is 1. The van der Waals surface area contributed by atoms with Gasteiger partial charge in [-0.3, -0.25) is 4.79 Å². The van der Waals surface area contributed by atoms with Gasteiger partial charge >= 0.3 is 0 Å². The van der Waals surface area contributed by atoms with E-state index >= 15 is 0 Å². The van der Waals surface area contributed by atoms with Crippen LogP contribution in [0.15, 0.2) is 18.5 Å². The van der Waals surface area contributed by atoms with E-state index in [9.17, 15) is 13.6 Å². The van der Waals surface area contributed by atoms with E-state index in [0.29, 0.717) is 18.9 Å². The molecule has 8 heteroatoms. The molecule has 6 nitrogen and oxygen atoms in total. The molecule has 0 saturated heterocycles. The zero-order valence-electron chi connectivity index (χ0n) is 10.4. The predicted octanol–water partition coefficient (Wildman–Crippen LogP) is 0.794. The number of anilines is 1. The maximum atomic E-state index is 13.2. The number of carbonyl (C=O) groups excluding carboxylic acids is 1. The van der Waals surface area contributed by atoms with E-state index in [4.69, 9.17) is 5.73 Å². The summed E-state index contributed by atoms with van der Waals surface area (Å²) in [6.07, 6.45) is 1.59. The summed E-state index contributed by atoms with van der Waals surface area (Å²) >= 11 is 0. The first-order valence-corrected chi connectivity index (χ1v) is 5.96. The lowest BCUT2D eigenvalue weighted by atomic mass is 10.1. The van der Waals surface area contributed by atoms with Gasteiger partial charge in [0.15, 0.2) is 17.5 Å². The molecule has 0 atom stereocenters. The van der Waals surface area contributed by atoms with Crippen molar-refractivity contribution >= 4 is 11.6 Å². The first-order valence-electron chi connectivity index (χ1n) is 5.96. The van der Waals surface area contributed by atoms with Crippen molar-refractivity contribution in [3.05, 3.63) is 41.5 Å². The molecule has 3 rings (SSSR count). The van der Waals surface area contributed by atoms with Gasteiger partial charge in [0.2, 0.25) is 0 Å². The highest BCUT2D eigenvalue weighted by molar-refractivity contribution is 5.99. The van der Waals surface area contributed by atoms with Crippen LogP contribution >= 0.6 is 0 Å². The lowest BCUT2D eigenvalue weighted by Crippen LogP contribution is -2.38. The standard InChI is InChI=1S/C12H11F2N5O/c13-8-3-7(10(15)4-9(8)14)12(20)18-1-2-19-6-16-17-11(19)5-18/h3-4,6H,1-2,5,15H2. The van der Waals surface area contributed by atoms with Crippen molar-refractivity contribution in [1.29, 1.82) is 0 Å². The molecular formula is C12H11F2N5O. The van der Waals surface area contributed by atoms with Gasteiger partial charge in [-0.25, -0.2) is 8.78 Å². The van der Waals surface area contributed by atoms with Crippen LogP contribution in [-0.2, 0) is 13.1 Å². The van der Waals surface area contributed by atoms with Crippen LogP contribution in [0.4, 0.5) is 14.5 Å². The molecule has 2 heterocycles. The molecule has 0 aliphatic carbocycles. The zero-order valence-corrected chi connectivity index (χ0v) is 10.4. The molecule has 0 saturated carbocycles. The number of hydrogen-bond acceptors (Lipinski definition) is 4. The van der Waals surface area contributed by atoms with Crippen LogP contribution in [0.1, 0.15) is 16.2 Å². The maximum absolute atomic E-state index is 13.2. The Bertz CT molecular complexity index is 684. The minimum absolute atomic E-state index is 0.0446. The van der Waals surface area contributed by atoms with Crippen LogP contribution in [0.3, 0.4) is 0 Å². The van der Waals surface area contributed by atoms with E-state index in [0.717, 1.165) is 12.1 Å². The van der Waals surface area contributed by atoms with Gasteiger partial charge in [-0.2, -0.15) is 0 Å². The van der Waals surface area contributed by atoms with Crippen LogP contribution in [-0.4, -0.2) is 32.1 Å². The number of amides is 1. The molecule has 0 spiro atoms. The van der Waals surface area contributed by atoms with Crippen molar-refractivity contribution in [3.63, 3.8) is 0 Å². The van der Waals surface area contributed by atoms with Crippen molar-refractivity contribution in [3.8, 4) is 0 Å². The molecule has 20 heavy (non-hydrogen) atoms. The number of fused-ring (bicyclic) bond motifs is 1. The average Bonchev–Trinajstić information content (AvgIpc) is 2.89. The van der Waals surface area contributed by atoms with E-state index < -0.39 is 17.5 Å². The Morgan fingerprint density at radius 3 is 2.80 bits per heavy atom. The smallest absolute Gasteiger partial charge is 0.256 e. The first kappa shape index (κ1) is 12.5. The van der Waals surface area contributed by atoms with Crippen molar-refractivity contribution in [1.82, 2.24) is 19.7 Å². The third-order valence-corrected chi connectivity index (χ3v) is 3.25. The Kier molecular flexibility index (Phi) is 2.85. The molecule has 1 amide bonds. The SMILES string of the molecule is Nc1cc(F)c(F)cc1C(=O)N1CCn2cnnc2C1. The number of aromatic nitrogens is 3. The van der Waals surface area contributed by atoms with Gasteiger partial charge in [0.25, 0.3) is 5.91 Å². The molecule has 2 N–H and O–H groups in total. The second-order valence-electron chi connectivity index (χ2n) is 4.52. The number of carbonyl (C=O) groups is 1. The fraction of sp³-hybridized carbons (Fsp3) is 0.250. The third kappa shape index (κ3) is 1.98. The van der Waals surface area contributed by atoms with Crippen LogP contribution in [0, 0.1) is 11.6 Å². The minimum Gasteiger partial charge on any atom is -0.398 e. The predicted molar refractivity (Wildman–Crippen MR) is 65.5 cm³/mol. The van der Waals surface area contributed by atoms with Gasteiger partial charge in [0, 0.05) is 24.8 Å². The number of hydrogen-bond donors (Lipinski definition) is 1. The van der Waals surface area contributed by atoms with Gasteiger partial charge < -0.3 is 15.2 Å². The Labute approximate surface area is 112 Å². The molecule has 0 bridgehead atoms. The average molecular weight is 279 g/mol. The van der Waals surface area contributed by atoms with Gasteiger partial charge in [0.1, 0.15) is 6.33 Å². The van der Waals surface area contributed by atoms with Gasteiger partial charge in [-0.1, -0.05) is 0 Å². The fourth-order valence-corrected chi connectivity index (χ4v) is 2.16. The van der Waals surface area contributed by atoms with Crippen molar-refractivity contribution in [2.45, 2.75) is 13.1 Å². The summed E-state index contributed by atoms with van der Waals surface area (Å²) in [6, 6.07) is 1.64. The Morgan fingerprint density at radius 2 is 2.00 bits per heavy atom. The van der Waals surface area contributed by atoms with Crippen LogP contribution < -0.4 is 5.73 Å². The monoisotopic (exact) mass is 279 g/mol. The Morgan fingerprint density at radius 1 is 1.25 bits per heavy atom. The van der Waals surface area contributed by atoms with E-state index in [1.165, 1.54) is 4.90 Å². The molecule has 1 aliphatic rings. The summed E-state index contributed by atoms with van der Waals surface area (Å²) in [5, 5.41) is 7.65. The summed E-state index contributed by atoms with van der Waals surface area (Å²) < 4.78 is 28.1. The number of nitrogens with two attached hydrogens (primary N) is 1. The topological polar surface area (TPSA) is 77.0 Å².